The molecule has 0 radical (unpaired) electrons. The molecule has 136 valence electrons. The Labute approximate surface area is 153 Å². The predicted molar refractivity (Wildman–Crippen MR) is 101 cm³/mol. The van der Waals surface area contributed by atoms with E-state index in [2.05, 4.69) is 36.2 Å². The van der Waals surface area contributed by atoms with E-state index >= 15 is 0 Å². The third-order valence-electron chi connectivity index (χ3n) is 3.06. The first-order valence-electron chi connectivity index (χ1n) is 7.91. The van der Waals surface area contributed by atoms with Gasteiger partial charge in [-0.2, -0.15) is 5.26 Å². The summed E-state index contributed by atoms with van der Waals surface area (Å²) in [6.07, 6.45) is 6.11. The summed E-state index contributed by atoms with van der Waals surface area (Å²) in [4.78, 5) is 12.6. The number of methoxy groups -OCH3 is 1. The molecule has 4 N–H and O–H groups in total. The molecular weight excluding hydrogens is 340 g/mol. The predicted octanol–water partition coefficient (Wildman–Crippen LogP) is 0.378. The lowest BCUT2D eigenvalue weighted by Gasteiger charge is -2.10. The standard InChI is InChI=1S/C15H24N8OS/c1-17-14(21-11-16)19-7-4-3-5-12-18-8-6-13(22-12)23-15(25)20-9-10-24-2/h6,8H,3-5,7,9-10H2,1-2H3,(H2,17,19,21)(H2,18,20,22,23,25). The molecule has 0 saturated carbocycles. The highest BCUT2D eigenvalue weighted by Crippen LogP contribution is 2.05. The first-order valence-corrected chi connectivity index (χ1v) is 8.32. The molecule has 9 nitrogen and oxygen atoms in total. The van der Waals surface area contributed by atoms with Gasteiger partial charge in [0.2, 0.25) is 5.96 Å². The Morgan fingerprint density at radius 3 is 2.92 bits per heavy atom. The van der Waals surface area contributed by atoms with Gasteiger partial charge in [-0.1, -0.05) is 0 Å². The summed E-state index contributed by atoms with van der Waals surface area (Å²) >= 11 is 5.19. The fourth-order valence-corrected chi connectivity index (χ4v) is 2.07. The van der Waals surface area contributed by atoms with Gasteiger partial charge in [0.25, 0.3) is 0 Å². The van der Waals surface area contributed by atoms with Crippen LogP contribution in [0.25, 0.3) is 0 Å². The zero-order valence-corrected chi connectivity index (χ0v) is 15.3. The largest absolute Gasteiger partial charge is 0.383 e. The number of hydrogen-bond acceptors (Lipinski definition) is 6. The van der Waals surface area contributed by atoms with Crippen LogP contribution in [0.3, 0.4) is 0 Å². The zero-order chi connectivity index (χ0) is 18.3. The van der Waals surface area contributed by atoms with Crippen LogP contribution >= 0.6 is 12.2 Å². The quantitative estimate of drug-likeness (QED) is 0.123. The van der Waals surface area contributed by atoms with E-state index < -0.39 is 0 Å². The maximum absolute atomic E-state index is 8.54. The Bertz CT molecular complexity index is 601. The number of anilines is 1. The second-order valence-electron chi connectivity index (χ2n) is 4.92. The van der Waals surface area contributed by atoms with Crippen molar-refractivity contribution in [3.63, 3.8) is 0 Å². The van der Waals surface area contributed by atoms with E-state index in [-0.39, 0.29) is 0 Å². The molecule has 0 aliphatic rings. The van der Waals surface area contributed by atoms with Gasteiger partial charge in [-0.3, -0.25) is 10.3 Å². The number of nitrogens with one attached hydrogen (secondary N) is 4. The molecule has 10 heteroatoms. The normalized spacial score (nSPS) is 10.7. The van der Waals surface area contributed by atoms with Gasteiger partial charge in [-0.15, -0.1) is 0 Å². The molecule has 0 bridgehead atoms. The number of aromatic nitrogens is 2. The first-order chi connectivity index (χ1) is 12.2. The second-order valence-corrected chi connectivity index (χ2v) is 5.33. The van der Waals surface area contributed by atoms with Crippen LogP contribution in [0.15, 0.2) is 17.3 Å². The van der Waals surface area contributed by atoms with Crippen molar-refractivity contribution < 1.29 is 4.74 Å². The SMILES string of the molecule is CN=C(NC#N)NCCCCc1nccc(NC(=S)NCCOC)n1. The Balaban J connectivity index is 2.31. The van der Waals surface area contributed by atoms with Gasteiger partial charge in [-0.05, 0) is 31.1 Å². The van der Waals surface area contributed by atoms with Crippen molar-refractivity contribution in [1.82, 2.24) is 25.9 Å². The van der Waals surface area contributed by atoms with Crippen molar-refractivity contribution in [3.05, 3.63) is 18.1 Å². The fourth-order valence-electron chi connectivity index (χ4n) is 1.86. The minimum atomic E-state index is 0.472. The Morgan fingerprint density at radius 1 is 1.36 bits per heavy atom. The van der Waals surface area contributed by atoms with Gasteiger partial charge in [0.05, 0.1) is 6.61 Å². The zero-order valence-electron chi connectivity index (χ0n) is 14.5. The number of aliphatic imine (C=N–C) groups is 1. The van der Waals surface area contributed by atoms with Crippen LogP contribution in [0.1, 0.15) is 18.7 Å². The maximum Gasteiger partial charge on any atom is 0.204 e. The molecule has 1 heterocycles. The number of rotatable bonds is 9. The second kappa shape index (κ2) is 12.9. The minimum absolute atomic E-state index is 0.472. The van der Waals surface area contributed by atoms with Crippen LogP contribution in [-0.4, -0.2) is 54.9 Å². The number of nitriles is 1. The number of hydrogen-bond donors (Lipinski definition) is 4. The molecule has 0 aliphatic heterocycles. The smallest absolute Gasteiger partial charge is 0.204 e. The first kappa shape index (κ1) is 20.5. The lowest BCUT2D eigenvalue weighted by Crippen LogP contribution is -2.34. The molecular formula is C15H24N8OS. The molecule has 0 atom stereocenters. The molecule has 0 unspecified atom stereocenters. The monoisotopic (exact) mass is 364 g/mol. The summed E-state index contributed by atoms with van der Waals surface area (Å²) in [6, 6.07) is 1.77. The van der Waals surface area contributed by atoms with E-state index in [1.165, 1.54) is 0 Å². The van der Waals surface area contributed by atoms with Gasteiger partial charge in [0, 0.05) is 39.9 Å². The Morgan fingerprint density at radius 2 is 2.20 bits per heavy atom. The lowest BCUT2D eigenvalue weighted by atomic mass is 10.2. The van der Waals surface area contributed by atoms with Crippen LogP contribution in [0.4, 0.5) is 5.82 Å². The third-order valence-corrected chi connectivity index (χ3v) is 3.30. The van der Waals surface area contributed by atoms with Crippen molar-refractivity contribution in [2.45, 2.75) is 19.3 Å². The van der Waals surface area contributed by atoms with Crippen LogP contribution < -0.4 is 21.3 Å². The Hall–Kier alpha value is -2.51. The van der Waals surface area contributed by atoms with Crippen molar-refractivity contribution in [1.29, 1.82) is 5.26 Å². The molecule has 1 rings (SSSR count). The highest BCUT2D eigenvalue weighted by Gasteiger charge is 2.02. The Kier molecular flexibility index (Phi) is 10.6. The van der Waals surface area contributed by atoms with Gasteiger partial charge < -0.3 is 20.7 Å². The third kappa shape index (κ3) is 9.39. The summed E-state index contributed by atoms with van der Waals surface area (Å²) < 4.78 is 4.95. The van der Waals surface area contributed by atoms with Crippen molar-refractivity contribution >= 4 is 29.1 Å². The van der Waals surface area contributed by atoms with Gasteiger partial charge in [0.15, 0.2) is 11.3 Å². The number of aryl methyl sites for hydroxylation is 1. The van der Waals surface area contributed by atoms with Crippen LogP contribution in [0.2, 0.25) is 0 Å². The molecule has 0 spiro atoms. The molecule has 0 aliphatic carbocycles. The van der Waals surface area contributed by atoms with E-state index in [4.69, 9.17) is 22.2 Å². The van der Waals surface area contributed by atoms with Crippen LogP contribution in [0, 0.1) is 11.5 Å². The van der Waals surface area contributed by atoms with Crippen molar-refractivity contribution in [3.8, 4) is 6.19 Å². The van der Waals surface area contributed by atoms with Gasteiger partial charge >= 0.3 is 0 Å². The minimum Gasteiger partial charge on any atom is -0.383 e. The topological polar surface area (TPSA) is 119 Å². The highest BCUT2D eigenvalue weighted by atomic mass is 32.1. The van der Waals surface area contributed by atoms with Gasteiger partial charge in [0.1, 0.15) is 11.6 Å². The van der Waals surface area contributed by atoms with E-state index in [0.29, 0.717) is 36.6 Å². The molecule has 1 aromatic rings. The average Bonchev–Trinajstić information content (AvgIpc) is 2.61. The fraction of sp³-hybridized carbons (Fsp3) is 0.533. The highest BCUT2D eigenvalue weighted by molar-refractivity contribution is 7.80. The molecule has 0 saturated heterocycles. The van der Waals surface area contributed by atoms with E-state index in [0.717, 1.165) is 25.1 Å². The van der Waals surface area contributed by atoms with Gasteiger partial charge in [-0.25, -0.2) is 9.97 Å². The summed E-state index contributed by atoms with van der Waals surface area (Å²) in [5.74, 6) is 1.89. The number of nitrogens with zero attached hydrogens (tertiary/aromatic N) is 4. The lowest BCUT2D eigenvalue weighted by molar-refractivity contribution is 0.204. The molecule has 25 heavy (non-hydrogen) atoms. The molecule has 0 fully saturated rings. The summed E-state index contributed by atoms with van der Waals surface area (Å²) in [7, 11) is 3.26. The van der Waals surface area contributed by atoms with E-state index in [9.17, 15) is 0 Å². The summed E-state index contributed by atoms with van der Waals surface area (Å²) in [5.41, 5.74) is 0. The van der Waals surface area contributed by atoms with E-state index in [1.807, 2.05) is 6.19 Å². The van der Waals surface area contributed by atoms with Crippen LogP contribution in [0.5, 0.6) is 0 Å². The van der Waals surface area contributed by atoms with Crippen molar-refractivity contribution in [2.24, 2.45) is 4.99 Å². The summed E-state index contributed by atoms with van der Waals surface area (Å²) in [5, 5.41) is 20.6. The molecule has 0 amide bonds. The van der Waals surface area contributed by atoms with Crippen LogP contribution in [-0.2, 0) is 11.2 Å². The maximum atomic E-state index is 8.54. The number of unbranched alkanes of at least 4 members (excludes halogenated alkanes) is 1. The van der Waals surface area contributed by atoms with Crippen molar-refractivity contribution in [2.75, 3.05) is 39.2 Å². The molecule has 0 aromatic carbocycles. The number of thiocarbonyl (C=S) groups is 1. The number of ether oxygens (including phenoxy) is 1. The van der Waals surface area contributed by atoms with E-state index in [1.54, 1.807) is 26.4 Å². The number of guanidine groups is 1. The summed E-state index contributed by atoms with van der Waals surface area (Å²) in [6.45, 7) is 1.93. The average molecular weight is 364 g/mol. The molecule has 1 aromatic heterocycles.